The number of hydrogen-bond donors (Lipinski definition) is 0. The summed E-state index contributed by atoms with van der Waals surface area (Å²) in [6.45, 7) is 4.45. The van der Waals surface area contributed by atoms with Gasteiger partial charge in [-0.3, -0.25) is 4.79 Å². The molecule has 5 rings (SSSR count). The van der Waals surface area contributed by atoms with Gasteiger partial charge in [-0.05, 0) is 35.7 Å². The van der Waals surface area contributed by atoms with Crippen molar-refractivity contribution in [3.05, 3.63) is 70.2 Å². The second-order valence-corrected chi connectivity index (χ2v) is 9.60. The Labute approximate surface area is 184 Å². The first-order valence-corrected chi connectivity index (χ1v) is 11.2. The third-order valence-corrected chi connectivity index (χ3v) is 7.17. The zero-order chi connectivity index (χ0) is 20.7. The van der Waals surface area contributed by atoms with Gasteiger partial charge >= 0.3 is 0 Å². The maximum Gasteiger partial charge on any atom is 0.219 e. The molecule has 0 saturated carbocycles. The van der Waals surface area contributed by atoms with Gasteiger partial charge in [0.15, 0.2) is 5.13 Å². The molecule has 7 heteroatoms. The Morgan fingerprint density at radius 3 is 2.77 bits per heavy atom. The third kappa shape index (κ3) is 3.44. The monoisotopic (exact) mass is 439 g/mol. The Morgan fingerprint density at radius 2 is 2.07 bits per heavy atom. The summed E-state index contributed by atoms with van der Waals surface area (Å²) in [6, 6.07) is 16.4. The van der Waals surface area contributed by atoms with Crippen molar-refractivity contribution in [3.63, 3.8) is 0 Å². The van der Waals surface area contributed by atoms with Crippen LogP contribution in [0.25, 0.3) is 0 Å². The first-order valence-electron chi connectivity index (χ1n) is 10.00. The van der Waals surface area contributed by atoms with Crippen molar-refractivity contribution >= 4 is 39.7 Å². The highest BCUT2D eigenvalue weighted by atomic mass is 35.5. The van der Waals surface area contributed by atoms with Crippen LogP contribution >= 0.6 is 22.9 Å². The van der Waals surface area contributed by atoms with Crippen molar-refractivity contribution in [3.8, 4) is 5.75 Å². The molecule has 1 saturated heterocycles. The molecule has 1 unspecified atom stereocenters. The molecule has 154 valence electrons. The van der Waals surface area contributed by atoms with Crippen molar-refractivity contribution in [2.45, 2.75) is 25.4 Å². The lowest BCUT2D eigenvalue weighted by Crippen LogP contribution is -2.36. The number of likely N-dealkylation sites (tertiary alicyclic amines) is 1. The van der Waals surface area contributed by atoms with Crippen molar-refractivity contribution in [2.24, 2.45) is 0 Å². The number of thiazole rings is 1. The normalized spacial score (nSPS) is 20.1. The Kier molecular flexibility index (Phi) is 4.91. The first-order chi connectivity index (χ1) is 14.5. The van der Waals surface area contributed by atoms with E-state index in [0.29, 0.717) is 17.5 Å². The summed E-state index contributed by atoms with van der Waals surface area (Å²) in [5.74, 6) is 0.970. The second-order valence-electron chi connectivity index (χ2n) is 7.96. The summed E-state index contributed by atoms with van der Waals surface area (Å²) in [4.78, 5) is 20.7. The standard InChI is InChI=1S/C23H22ClN3O2S/c1-16(28)26-10-9-23(14-26)15-27(22-25-12-21(24)30-22)20-8-7-18(11-19(20)23)29-13-17-5-3-2-4-6-17/h2-8,11-12H,9-10,13-15H2,1H3. The van der Waals surface area contributed by atoms with Crippen LogP contribution < -0.4 is 9.64 Å². The summed E-state index contributed by atoms with van der Waals surface area (Å²) >= 11 is 7.64. The van der Waals surface area contributed by atoms with Crippen LogP contribution in [0.2, 0.25) is 4.34 Å². The Hall–Kier alpha value is -2.57. The molecule has 2 aliphatic heterocycles. The van der Waals surface area contributed by atoms with Gasteiger partial charge in [-0.1, -0.05) is 53.3 Å². The smallest absolute Gasteiger partial charge is 0.219 e. The topological polar surface area (TPSA) is 45.7 Å². The number of fused-ring (bicyclic) bond motifs is 2. The average Bonchev–Trinajstić information content (AvgIpc) is 3.46. The molecule has 1 aromatic heterocycles. The molecule has 1 amide bonds. The molecule has 2 aromatic carbocycles. The fourth-order valence-electron chi connectivity index (χ4n) is 4.51. The molecule has 2 aliphatic rings. The number of carbonyl (C=O) groups is 1. The van der Waals surface area contributed by atoms with Crippen molar-refractivity contribution in [2.75, 3.05) is 24.5 Å². The van der Waals surface area contributed by atoms with Gasteiger partial charge in [0.25, 0.3) is 0 Å². The number of benzene rings is 2. The lowest BCUT2D eigenvalue weighted by atomic mass is 9.81. The lowest BCUT2D eigenvalue weighted by molar-refractivity contribution is -0.127. The SMILES string of the molecule is CC(=O)N1CCC2(C1)CN(c1ncc(Cl)s1)c1ccc(OCc3ccccc3)cc12. The minimum Gasteiger partial charge on any atom is -0.489 e. The van der Waals surface area contributed by atoms with Crippen molar-refractivity contribution in [1.29, 1.82) is 0 Å². The van der Waals surface area contributed by atoms with Gasteiger partial charge in [0, 0.05) is 37.7 Å². The van der Waals surface area contributed by atoms with Crippen LogP contribution in [0.4, 0.5) is 10.8 Å². The number of carbonyl (C=O) groups excluding carboxylic acids is 1. The Morgan fingerprint density at radius 1 is 1.23 bits per heavy atom. The number of anilines is 2. The van der Waals surface area contributed by atoms with E-state index in [0.717, 1.165) is 41.6 Å². The largest absolute Gasteiger partial charge is 0.489 e. The minimum absolute atomic E-state index is 0.120. The first kappa shape index (κ1) is 19.4. The number of ether oxygens (including phenoxy) is 1. The number of halogens is 1. The van der Waals surface area contributed by atoms with Gasteiger partial charge in [0.05, 0.1) is 6.20 Å². The highest BCUT2D eigenvalue weighted by Crippen LogP contribution is 2.51. The van der Waals surface area contributed by atoms with Gasteiger partial charge < -0.3 is 14.5 Å². The molecule has 1 spiro atoms. The second kappa shape index (κ2) is 7.60. The molecule has 5 nitrogen and oxygen atoms in total. The number of amides is 1. The van der Waals surface area contributed by atoms with Gasteiger partial charge in [0.1, 0.15) is 16.7 Å². The average molecular weight is 440 g/mol. The molecule has 30 heavy (non-hydrogen) atoms. The molecule has 1 atom stereocenters. The van der Waals surface area contributed by atoms with E-state index in [2.05, 4.69) is 34.1 Å². The molecule has 0 N–H and O–H groups in total. The van der Waals surface area contributed by atoms with E-state index in [4.69, 9.17) is 16.3 Å². The maximum atomic E-state index is 12.0. The van der Waals surface area contributed by atoms with Gasteiger partial charge in [-0.15, -0.1) is 0 Å². The van der Waals surface area contributed by atoms with Crippen LogP contribution in [0.15, 0.2) is 54.7 Å². The van der Waals surface area contributed by atoms with E-state index in [1.807, 2.05) is 29.2 Å². The van der Waals surface area contributed by atoms with E-state index >= 15 is 0 Å². The fourth-order valence-corrected chi connectivity index (χ4v) is 5.42. The summed E-state index contributed by atoms with van der Waals surface area (Å²) in [7, 11) is 0. The zero-order valence-electron chi connectivity index (χ0n) is 16.7. The fraction of sp³-hybridized carbons (Fsp3) is 0.304. The van der Waals surface area contributed by atoms with E-state index in [9.17, 15) is 4.79 Å². The summed E-state index contributed by atoms with van der Waals surface area (Å²) in [6.07, 6.45) is 2.62. The Bertz CT molecular complexity index is 1090. The number of hydrogen-bond acceptors (Lipinski definition) is 5. The van der Waals surface area contributed by atoms with Crippen LogP contribution in [0.5, 0.6) is 5.75 Å². The Balaban J connectivity index is 1.49. The molecular weight excluding hydrogens is 418 g/mol. The highest BCUT2D eigenvalue weighted by Gasteiger charge is 2.49. The number of aromatic nitrogens is 1. The van der Waals surface area contributed by atoms with Crippen LogP contribution in [0.1, 0.15) is 24.5 Å². The summed E-state index contributed by atoms with van der Waals surface area (Å²) in [5, 5.41) is 0.886. The molecular formula is C23H22ClN3O2S. The van der Waals surface area contributed by atoms with Crippen LogP contribution in [0, 0.1) is 0 Å². The minimum atomic E-state index is -0.120. The molecule has 0 aliphatic carbocycles. The van der Waals surface area contributed by atoms with Gasteiger partial charge in [0.2, 0.25) is 5.91 Å². The molecule has 1 fully saturated rings. The van der Waals surface area contributed by atoms with Gasteiger partial charge in [-0.25, -0.2) is 4.98 Å². The van der Waals surface area contributed by atoms with Crippen LogP contribution in [-0.4, -0.2) is 35.4 Å². The highest BCUT2D eigenvalue weighted by molar-refractivity contribution is 7.19. The van der Waals surface area contributed by atoms with E-state index in [-0.39, 0.29) is 11.3 Å². The van der Waals surface area contributed by atoms with E-state index in [1.165, 1.54) is 16.9 Å². The molecule has 0 radical (unpaired) electrons. The molecule has 0 bridgehead atoms. The molecule has 3 aromatic rings. The summed E-state index contributed by atoms with van der Waals surface area (Å²) < 4.78 is 6.78. The van der Waals surface area contributed by atoms with Gasteiger partial charge in [-0.2, -0.15) is 0 Å². The van der Waals surface area contributed by atoms with E-state index in [1.54, 1.807) is 13.1 Å². The van der Waals surface area contributed by atoms with Crippen molar-refractivity contribution < 1.29 is 9.53 Å². The van der Waals surface area contributed by atoms with Crippen molar-refractivity contribution in [1.82, 2.24) is 9.88 Å². The third-order valence-electron chi connectivity index (χ3n) is 6.03. The predicted octanol–water partition coefficient (Wildman–Crippen LogP) is 5.02. The maximum absolute atomic E-state index is 12.0. The quantitative estimate of drug-likeness (QED) is 0.572. The van der Waals surface area contributed by atoms with Crippen LogP contribution in [-0.2, 0) is 16.8 Å². The molecule has 3 heterocycles. The summed E-state index contributed by atoms with van der Waals surface area (Å²) in [5.41, 5.74) is 3.36. The lowest BCUT2D eigenvalue weighted by Gasteiger charge is -2.25. The predicted molar refractivity (Wildman–Crippen MR) is 120 cm³/mol. The van der Waals surface area contributed by atoms with E-state index < -0.39 is 0 Å². The number of nitrogens with zero attached hydrogens (tertiary/aromatic N) is 3. The van der Waals surface area contributed by atoms with Crippen LogP contribution in [0.3, 0.4) is 0 Å². The zero-order valence-corrected chi connectivity index (χ0v) is 18.2. The number of rotatable bonds is 4.